The molecule has 1 aromatic rings. The first-order chi connectivity index (χ1) is 8.47. The summed E-state index contributed by atoms with van der Waals surface area (Å²) in [7, 11) is 0. The summed E-state index contributed by atoms with van der Waals surface area (Å²) in [4.78, 5) is 14.2. The zero-order chi connectivity index (χ0) is 13.3. The fourth-order valence-corrected chi connectivity index (χ4v) is 2.69. The topological polar surface area (TPSA) is 66.6 Å². The molecule has 0 radical (unpaired) electrons. The van der Waals surface area contributed by atoms with Gasteiger partial charge in [0.05, 0.1) is 5.69 Å². The van der Waals surface area contributed by atoms with Crippen molar-refractivity contribution in [1.29, 1.82) is 0 Å². The summed E-state index contributed by atoms with van der Waals surface area (Å²) in [6, 6.07) is 4.68. The van der Waals surface area contributed by atoms with Gasteiger partial charge in [-0.1, -0.05) is 13.8 Å². The number of carbonyl (C=O) groups is 1. The number of anilines is 1. The fourth-order valence-electron chi connectivity index (χ4n) is 2.69. The molecule has 4 nitrogen and oxygen atoms in total. The standard InChI is InChI=1S/C14H20N2O2/c1-9-5-10(2)8-16(7-9)14(18)11-3-4-12(15)13(17)6-11/h3-4,6,9-10,17H,5,7-8,15H2,1-2H3. The number of phenolic OH excluding ortho intramolecular Hbond substituents is 1. The van der Waals surface area contributed by atoms with E-state index >= 15 is 0 Å². The van der Waals surface area contributed by atoms with E-state index in [0.29, 0.717) is 23.1 Å². The Morgan fingerprint density at radius 1 is 1.33 bits per heavy atom. The highest BCUT2D eigenvalue weighted by Gasteiger charge is 2.26. The number of benzene rings is 1. The van der Waals surface area contributed by atoms with Crippen molar-refractivity contribution in [1.82, 2.24) is 4.90 Å². The molecule has 4 heteroatoms. The van der Waals surface area contributed by atoms with Crippen LogP contribution in [-0.2, 0) is 0 Å². The van der Waals surface area contributed by atoms with E-state index in [0.717, 1.165) is 19.5 Å². The lowest BCUT2D eigenvalue weighted by atomic mass is 9.91. The number of phenols is 1. The molecule has 18 heavy (non-hydrogen) atoms. The minimum Gasteiger partial charge on any atom is -0.506 e. The van der Waals surface area contributed by atoms with E-state index in [4.69, 9.17) is 5.73 Å². The number of carbonyl (C=O) groups excluding carboxylic acids is 1. The Kier molecular flexibility index (Phi) is 3.45. The zero-order valence-electron chi connectivity index (χ0n) is 10.9. The predicted octanol–water partition coefficient (Wildman–Crippen LogP) is 2.09. The molecule has 1 saturated heterocycles. The number of nitrogens with two attached hydrogens (primary N) is 1. The molecule has 1 aromatic carbocycles. The molecule has 0 bridgehead atoms. The van der Waals surface area contributed by atoms with Crippen LogP contribution in [0.2, 0.25) is 0 Å². The number of amides is 1. The van der Waals surface area contributed by atoms with E-state index < -0.39 is 0 Å². The van der Waals surface area contributed by atoms with Gasteiger partial charge in [0.1, 0.15) is 5.75 Å². The number of piperidine rings is 1. The van der Waals surface area contributed by atoms with Crippen molar-refractivity contribution in [3.8, 4) is 5.75 Å². The van der Waals surface area contributed by atoms with Crippen molar-refractivity contribution >= 4 is 11.6 Å². The van der Waals surface area contributed by atoms with Crippen LogP contribution >= 0.6 is 0 Å². The summed E-state index contributed by atoms with van der Waals surface area (Å²) in [5.74, 6) is 1.00. The molecule has 98 valence electrons. The number of likely N-dealkylation sites (tertiary alicyclic amines) is 1. The van der Waals surface area contributed by atoms with Crippen molar-refractivity contribution < 1.29 is 9.90 Å². The van der Waals surface area contributed by atoms with Crippen LogP contribution in [0.1, 0.15) is 30.6 Å². The van der Waals surface area contributed by atoms with Gasteiger partial charge in [0.15, 0.2) is 0 Å². The molecule has 0 saturated carbocycles. The van der Waals surface area contributed by atoms with Gasteiger partial charge in [-0.3, -0.25) is 4.79 Å². The van der Waals surface area contributed by atoms with Crippen LogP contribution in [0.25, 0.3) is 0 Å². The van der Waals surface area contributed by atoms with E-state index in [-0.39, 0.29) is 11.7 Å². The van der Waals surface area contributed by atoms with Gasteiger partial charge in [-0.2, -0.15) is 0 Å². The van der Waals surface area contributed by atoms with Gasteiger partial charge in [-0.15, -0.1) is 0 Å². The molecular weight excluding hydrogens is 228 g/mol. The minimum atomic E-state index is -0.0287. The fraction of sp³-hybridized carbons (Fsp3) is 0.500. The quantitative estimate of drug-likeness (QED) is 0.590. The van der Waals surface area contributed by atoms with Gasteiger partial charge < -0.3 is 15.7 Å². The molecule has 0 aliphatic carbocycles. The highest BCUT2D eigenvalue weighted by atomic mass is 16.3. The highest BCUT2D eigenvalue weighted by Crippen LogP contribution is 2.25. The number of nitrogens with zero attached hydrogens (tertiary/aromatic N) is 1. The van der Waals surface area contributed by atoms with Crippen molar-refractivity contribution in [2.45, 2.75) is 20.3 Å². The first kappa shape index (κ1) is 12.7. The van der Waals surface area contributed by atoms with Gasteiger partial charge in [-0.25, -0.2) is 0 Å². The first-order valence-corrected chi connectivity index (χ1v) is 6.35. The van der Waals surface area contributed by atoms with Crippen LogP contribution in [0.15, 0.2) is 18.2 Å². The summed E-state index contributed by atoms with van der Waals surface area (Å²) in [6.45, 7) is 5.90. The van der Waals surface area contributed by atoms with Crippen molar-refractivity contribution in [2.75, 3.05) is 18.8 Å². The molecule has 1 aliphatic rings. The van der Waals surface area contributed by atoms with Crippen molar-refractivity contribution in [2.24, 2.45) is 11.8 Å². The van der Waals surface area contributed by atoms with Gasteiger partial charge in [0, 0.05) is 18.7 Å². The van der Waals surface area contributed by atoms with E-state index in [9.17, 15) is 9.90 Å². The van der Waals surface area contributed by atoms with E-state index in [1.54, 1.807) is 12.1 Å². The van der Waals surface area contributed by atoms with Crippen LogP contribution in [0.4, 0.5) is 5.69 Å². The lowest BCUT2D eigenvalue weighted by molar-refractivity contribution is 0.0623. The lowest BCUT2D eigenvalue weighted by Gasteiger charge is -2.35. The number of hydrogen-bond acceptors (Lipinski definition) is 3. The van der Waals surface area contributed by atoms with E-state index in [1.807, 2.05) is 4.90 Å². The number of aromatic hydroxyl groups is 1. The Hall–Kier alpha value is -1.71. The van der Waals surface area contributed by atoms with Gasteiger partial charge in [0.2, 0.25) is 0 Å². The van der Waals surface area contributed by atoms with Gasteiger partial charge in [-0.05, 0) is 36.5 Å². The maximum absolute atomic E-state index is 12.3. The second-order valence-electron chi connectivity index (χ2n) is 5.43. The smallest absolute Gasteiger partial charge is 0.254 e. The van der Waals surface area contributed by atoms with E-state index in [1.165, 1.54) is 6.07 Å². The van der Waals surface area contributed by atoms with Crippen LogP contribution in [0.5, 0.6) is 5.75 Å². The second-order valence-corrected chi connectivity index (χ2v) is 5.43. The molecule has 2 rings (SSSR count). The Labute approximate surface area is 107 Å². The molecule has 2 unspecified atom stereocenters. The van der Waals surface area contributed by atoms with Crippen LogP contribution in [0, 0.1) is 11.8 Å². The largest absolute Gasteiger partial charge is 0.506 e. The molecule has 1 heterocycles. The summed E-state index contributed by atoms with van der Waals surface area (Å²) in [5, 5.41) is 9.56. The molecule has 1 fully saturated rings. The minimum absolute atomic E-state index is 0.0244. The van der Waals surface area contributed by atoms with Crippen LogP contribution < -0.4 is 5.73 Å². The molecule has 1 aliphatic heterocycles. The van der Waals surface area contributed by atoms with Crippen LogP contribution in [0.3, 0.4) is 0 Å². The third-order valence-corrected chi connectivity index (χ3v) is 3.43. The molecule has 0 spiro atoms. The van der Waals surface area contributed by atoms with E-state index in [2.05, 4.69) is 13.8 Å². The first-order valence-electron chi connectivity index (χ1n) is 6.35. The summed E-state index contributed by atoms with van der Waals surface area (Å²) in [5.41, 5.74) is 6.34. The van der Waals surface area contributed by atoms with Crippen molar-refractivity contribution in [3.05, 3.63) is 23.8 Å². The SMILES string of the molecule is CC1CC(C)CN(C(=O)c2ccc(N)c(O)c2)C1. The van der Waals surface area contributed by atoms with Crippen molar-refractivity contribution in [3.63, 3.8) is 0 Å². The summed E-state index contributed by atoms with van der Waals surface area (Å²) >= 11 is 0. The number of rotatable bonds is 1. The molecular formula is C14H20N2O2. The lowest BCUT2D eigenvalue weighted by Crippen LogP contribution is -2.42. The zero-order valence-corrected chi connectivity index (χ0v) is 10.9. The average Bonchev–Trinajstić information content (AvgIpc) is 2.30. The second kappa shape index (κ2) is 4.88. The summed E-state index contributed by atoms with van der Waals surface area (Å²) in [6.07, 6.45) is 1.16. The van der Waals surface area contributed by atoms with Gasteiger partial charge in [0.25, 0.3) is 5.91 Å². The highest BCUT2D eigenvalue weighted by molar-refractivity contribution is 5.95. The molecule has 0 aromatic heterocycles. The third-order valence-electron chi connectivity index (χ3n) is 3.43. The third kappa shape index (κ3) is 2.58. The Bertz CT molecular complexity index is 449. The maximum atomic E-state index is 12.3. The number of hydrogen-bond donors (Lipinski definition) is 2. The molecule has 1 amide bonds. The predicted molar refractivity (Wildman–Crippen MR) is 71.4 cm³/mol. The Morgan fingerprint density at radius 2 is 1.94 bits per heavy atom. The molecule has 3 N–H and O–H groups in total. The Morgan fingerprint density at radius 3 is 2.50 bits per heavy atom. The summed E-state index contributed by atoms with van der Waals surface area (Å²) < 4.78 is 0. The number of nitrogen functional groups attached to an aromatic ring is 1. The van der Waals surface area contributed by atoms with Crippen LogP contribution in [-0.4, -0.2) is 29.0 Å². The normalized spacial score (nSPS) is 24.0. The maximum Gasteiger partial charge on any atom is 0.254 e. The molecule has 2 atom stereocenters. The monoisotopic (exact) mass is 248 g/mol. The Balaban J connectivity index is 2.17. The average molecular weight is 248 g/mol. The van der Waals surface area contributed by atoms with Gasteiger partial charge >= 0.3 is 0 Å².